The van der Waals surface area contributed by atoms with Gasteiger partial charge < -0.3 is 4.74 Å². The number of aryl methyl sites for hydroxylation is 1. The third-order valence-corrected chi connectivity index (χ3v) is 7.29. The van der Waals surface area contributed by atoms with Crippen molar-refractivity contribution >= 4 is 10.0 Å². The molecule has 0 unspecified atom stereocenters. The zero-order valence-electron chi connectivity index (χ0n) is 13.5. The number of hydrogen-bond acceptors (Lipinski definition) is 3. The fourth-order valence-corrected chi connectivity index (χ4v) is 5.63. The fourth-order valence-electron chi connectivity index (χ4n) is 4.46. The van der Waals surface area contributed by atoms with Crippen molar-refractivity contribution in [3.8, 4) is 0 Å². The molecule has 0 bridgehead atoms. The highest BCUT2D eigenvalue weighted by Gasteiger charge is 2.57. The third-order valence-electron chi connectivity index (χ3n) is 5.91. The topological polar surface area (TPSA) is 55.4 Å². The quantitative estimate of drug-likeness (QED) is 0.868. The van der Waals surface area contributed by atoms with Crippen LogP contribution in [-0.2, 0) is 26.6 Å². The van der Waals surface area contributed by atoms with E-state index < -0.39 is 10.0 Å². The first kappa shape index (κ1) is 15.6. The first-order valence-electron chi connectivity index (χ1n) is 8.76. The van der Waals surface area contributed by atoms with Crippen LogP contribution in [0.15, 0.2) is 24.3 Å². The molecule has 2 aliphatic carbocycles. The standard InChI is InChI=1S/C18H25NO3S/c20-23(21,11-8-16-5-3-10-22-16)19-13-15-12-18(15)9-7-14-4-1-2-6-17(14)18/h1-2,4,6,15-16,19H,3,5,7-13H2/t15-,16-,18+/m0/s1. The lowest BCUT2D eigenvalue weighted by atomic mass is 9.95. The maximum absolute atomic E-state index is 12.2. The Kier molecular flexibility index (Phi) is 3.98. The van der Waals surface area contributed by atoms with E-state index >= 15 is 0 Å². The van der Waals surface area contributed by atoms with Gasteiger partial charge in [-0.1, -0.05) is 24.3 Å². The molecule has 1 saturated heterocycles. The van der Waals surface area contributed by atoms with Gasteiger partial charge in [0.15, 0.2) is 0 Å². The van der Waals surface area contributed by atoms with Crippen molar-refractivity contribution in [3.05, 3.63) is 35.4 Å². The first-order valence-corrected chi connectivity index (χ1v) is 10.4. The Morgan fingerprint density at radius 1 is 1.30 bits per heavy atom. The summed E-state index contributed by atoms with van der Waals surface area (Å²) in [5, 5.41) is 0. The van der Waals surface area contributed by atoms with Gasteiger partial charge in [0.1, 0.15) is 0 Å². The van der Waals surface area contributed by atoms with E-state index in [9.17, 15) is 8.42 Å². The summed E-state index contributed by atoms with van der Waals surface area (Å²) in [5.41, 5.74) is 3.17. The molecule has 23 heavy (non-hydrogen) atoms. The van der Waals surface area contributed by atoms with Crippen molar-refractivity contribution in [1.82, 2.24) is 4.72 Å². The highest BCUT2D eigenvalue weighted by Crippen LogP contribution is 2.61. The molecular weight excluding hydrogens is 310 g/mol. The van der Waals surface area contributed by atoms with Gasteiger partial charge in [-0.25, -0.2) is 13.1 Å². The monoisotopic (exact) mass is 335 g/mol. The summed E-state index contributed by atoms with van der Waals surface area (Å²) in [6, 6.07) is 8.65. The van der Waals surface area contributed by atoms with Crippen molar-refractivity contribution in [2.45, 2.75) is 50.0 Å². The molecule has 3 atom stereocenters. The summed E-state index contributed by atoms with van der Waals surface area (Å²) in [7, 11) is -3.18. The summed E-state index contributed by atoms with van der Waals surface area (Å²) >= 11 is 0. The van der Waals surface area contributed by atoms with Crippen molar-refractivity contribution in [3.63, 3.8) is 0 Å². The molecule has 1 aromatic carbocycles. The molecule has 1 heterocycles. The van der Waals surface area contributed by atoms with Crippen LogP contribution in [0.1, 0.15) is 43.2 Å². The molecule has 1 aliphatic heterocycles. The Hall–Kier alpha value is -0.910. The van der Waals surface area contributed by atoms with E-state index in [-0.39, 0.29) is 17.3 Å². The van der Waals surface area contributed by atoms with E-state index in [2.05, 4.69) is 29.0 Å². The van der Waals surface area contributed by atoms with E-state index in [0.29, 0.717) is 18.9 Å². The highest BCUT2D eigenvalue weighted by molar-refractivity contribution is 7.89. The summed E-state index contributed by atoms with van der Waals surface area (Å²) in [6.45, 7) is 1.37. The molecule has 1 N–H and O–H groups in total. The van der Waals surface area contributed by atoms with Crippen LogP contribution < -0.4 is 4.72 Å². The molecule has 126 valence electrons. The van der Waals surface area contributed by atoms with Crippen molar-refractivity contribution in [2.24, 2.45) is 5.92 Å². The van der Waals surface area contributed by atoms with Crippen LogP contribution >= 0.6 is 0 Å². The first-order chi connectivity index (χ1) is 11.1. The second-order valence-corrected chi connectivity index (χ2v) is 9.23. The van der Waals surface area contributed by atoms with E-state index in [4.69, 9.17) is 4.74 Å². The Labute approximate surface area is 138 Å². The predicted octanol–water partition coefficient (Wildman–Crippen LogP) is 2.38. The second-order valence-electron chi connectivity index (χ2n) is 7.31. The van der Waals surface area contributed by atoms with Crippen molar-refractivity contribution in [1.29, 1.82) is 0 Å². The molecular formula is C18H25NO3S. The minimum absolute atomic E-state index is 0.139. The van der Waals surface area contributed by atoms with Gasteiger partial charge in [0.05, 0.1) is 11.9 Å². The van der Waals surface area contributed by atoms with Crippen LogP contribution in [0.5, 0.6) is 0 Å². The van der Waals surface area contributed by atoms with Crippen molar-refractivity contribution < 1.29 is 13.2 Å². The lowest BCUT2D eigenvalue weighted by Crippen LogP contribution is -2.31. The lowest BCUT2D eigenvalue weighted by Gasteiger charge is -2.13. The van der Waals surface area contributed by atoms with Crippen LogP contribution in [0.25, 0.3) is 0 Å². The normalized spacial score (nSPS) is 32.3. The summed E-state index contributed by atoms with van der Waals surface area (Å²) in [6.07, 6.45) is 6.25. The molecule has 0 aromatic heterocycles. The summed E-state index contributed by atoms with van der Waals surface area (Å²) in [5.74, 6) is 0.650. The highest BCUT2D eigenvalue weighted by atomic mass is 32.2. The summed E-state index contributed by atoms with van der Waals surface area (Å²) < 4.78 is 32.8. The number of rotatable bonds is 6. The SMILES string of the molecule is O=S(=O)(CC[C@@H]1CCCO1)NC[C@@H]1C[C@]12CCc1ccccc12. The predicted molar refractivity (Wildman–Crippen MR) is 89.9 cm³/mol. The fraction of sp³-hybridized carbons (Fsp3) is 0.667. The Balaban J connectivity index is 1.31. The number of ether oxygens (including phenoxy) is 1. The molecule has 4 rings (SSSR count). The molecule has 1 spiro atoms. The van der Waals surface area contributed by atoms with Crippen LogP contribution in [0.4, 0.5) is 0 Å². The minimum atomic E-state index is -3.18. The minimum Gasteiger partial charge on any atom is -0.378 e. The molecule has 3 aliphatic rings. The third kappa shape index (κ3) is 3.06. The maximum Gasteiger partial charge on any atom is 0.211 e. The van der Waals surface area contributed by atoms with Gasteiger partial charge >= 0.3 is 0 Å². The average Bonchev–Trinajstić information content (AvgIpc) is 2.88. The van der Waals surface area contributed by atoms with Gasteiger partial charge in [-0.2, -0.15) is 0 Å². The van der Waals surface area contributed by atoms with Crippen molar-refractivity contribution in [2.75, 3.05) is 18.9 Å². The Morgan fingerprint density at radius 2 is 2.17 bits per heavy atom. The molecule has 5 heteroatoms. The summed E-state index contributed by atoms with van der Waals surface area (Å²) in [4.78, 5) is 0. The molecule has 4 nitrogen and oxygen atoms in total. The van der Waals surface area contributed by atoms with Gasteiger partial charge in [-0.05, 0) is 55.6 Å². The van der Waals surface area contributed by atoms with E-state index in [1.165, 1.54) is 17.5 Å². The van der Waals surface area contributed by atoms with Crippen LogP contribution in [0.2, 0.25) is 0 Å². The Morgan fingerprint density at radius 3 is 3.00 bits per heavy atom. The number of hydrogen-bond donors (Lipinski definition) is 1. The molecule has 1 aromatic rings. The number of nitrogens with one attached hydrogen (secondary N) is 1. The zero-order valence-corrected chi connectivity index (χ0v) is 14.3. The average molecular weight is 335 g/mol. The van der Waals surface area contributed by atoms with Crippen LogP contribution in [-0.4, -0.2) is 33.4 Å². The van der Waals surface area contributed by atoms with Crippen LogP contribution in [0, 0.1) is 5.92 Å². The largest absolute Gasteiger partial charge is 0.378 e. The second kappa shape index (κ2) is 5.87. The van der Waals surface area contributed by atoms with E-state index in [1.807, 2.05) is 0 Å². The van der Waals surface area contributed by atoms with Gasteiger partial charge in [-0.3, -0.25) is 0 Å². The zero-order chi connectivity index (χ0) is 15.9. The number of benzene rings is 1. The molecule has 2 fully saturated rings. The van der Waals surface area contributed by atoms with Gasteiger partial charge in [-0.15, -0.1) is 0 Å². The molecule has 1 saturated carbocycles. The molecule has 0 amide bonds. The number of fused-ring (bicyclic) bond motifs is 2. The lowest BCUT2D eigenvalue weighted by molar-refractivity contribution is 0.109. The smallest absolute Gasteiger partial charge is 0.211 e. The Bertz CT molecular complexity index is 681. The molecule has 0 radical (unpaired) electrons. The van der Waals surface area contributed by atoms with Gasteiger partial charge in [0.25, 0.3) is 0 Å². The number of sulfonamides is 1. The van der Waals surface area contributed by atoms with E-state index in [1.54, 1.807) is 0 Å². The van der Waals surface area contributed by atoms with Gasteiger partial charge in [0.2, 0.25) is 10.0 Å². The van der Waals surface area contributed by atoms with Gasteiger partial charge in [0, 0.05) is 18.6 Å². The van der Waals surface area contributed by atoms with E-state index in [0.717, 1.165) is 32.3 Å². The maximum atomic E-state index is 12.2. The van der Waals surface area contributed by atoms with Crippen LogP contribution in [0.3, 0.4) is 0 Å².